The summed E-state index contributed by atoms with van der Waals surface area (Å²) in [4.78, 5) is 24.0. The lowest BCUT2D eigenvalue weighted by molar-refractivity contribution is -0.133. The molecule has 0 spiro atoms. The number of nitrogens with one attached hydrogen (secondary N) is 1. The predicted octanol–water partition coefficient (Wildman–Crippen LogP) is 5.96. The van der Waals surface area contributed by atoms with E-state index in [0.717, 1.165) is 31.0 Å². The third kappa shape index (κ3) is 5.26. The minimum Gasteiger partial charge on any atom is -0.486 e. The Kier molecular flexibility index (Phi) is 7.25. The van der Waals surface area contributed by atoms with Gasteiger partial charge in [-0.3, -0.25) is 4.79 Å². The molecule has 0 saturated carbocycles. The van der Waals surface area contributed by atoms with Crippen LogP contribution in [0.2, 0.25) is 0 Å². The summed E-state index contributed by atoms with van der Waals surface area (Å²) >= 11 is 6.69. The molecule has 0 atom stereocenters. The monoisotopic (exact) mass is 543 g/mol. The van der Waals surface area contributed by atoms with Gasteiger partial charge in [0.15, 0.2) is 0 Å². The van der Waals surface area contributed by atoms with Crippen LogP contribution in [-0.2, 0) is 16.2 Å². The van der Waals surface area contributed by atoms with Crippen molar-refractivity contribution in [2.24, 2.45) is 0 Å². The maximum atomic E-state index is 13.8. The first-order valence-electron chi connectivity index (χ1n) is 9.08. The van der Waals surface area contributed by atoms with Crippen molar-refractivity contribution in [3.8, 4) is 5.75 Å². The van der Waals surface area contributed by atoms with Crippen LogP contribution in [0.25, 0.3) is 0 Å². The van der Waals surface area contributed by atoms with E-state index < -0.39 is 23.5 Å². The second kappa shape index (κ2) is 9.70. The molecule has 1 aliphatic carbocycles. The van der Waals surface area contributed by atoms with Gasteiger partial charge in [-0.15, -0.1) is 0 Å². The van der Waals surface area contributed by atoms with Crippen molar-refractivity contribution in [3.05, 3.63) is 67.6 Å². The van der Waals surface area contributed by atoms with Gasteiger partial charge in [-0.05, 0) is 87.9 Å². The molecular formula is C21H17Br2F2NO4. The first kappa shape index (κ1) is 22.4. The first-order valence-corrected chi connectivity index (χ1v) is 10.7. The lowest BCUT2D eigenvalue weighted by Crippen LogP contribution is -2.21. The number of halogens is 4. The van der Waals surface area contributed by atoms with E-state index in [1.165, 1.54) is 0 Å². The van der Waals surface area contributed by atoms with Crippen LogP contribution in [0, 0.1) is 11.6 Å². The highest BCUT2D eigenvalue weighted by Crippen LogP contribution is 2.37. The normalized spacial score (nSPS) is 13.9. The number of carboxylic acids is 1. The Morgan fingerprint density at radius 2 is 1.67 bits per heavy atom. The van der Waals surface area contributed by atoms with Crippen LogP contribution >= 0.6 is 31.9 Å². The minimum atomic E-state index is -1.07. The number of rotatable bonds is 6. The van der Waals surface area contributed by atoms with Crippen molar-refractivity contribution >= 4 is 49.4 Å². The van der Waals surface area contributed by atoms with Crippen molar-refractivity contribution in [3.63, 3.8) is 0 Å². The van der Waals surface area contributed by atoms with Gasteiger partial charge in [-0.2, -0.15) is 0 Å². The number of amides is 1. The zero-order chi connectivity index (χ0) is 21.8. The van der Waals surface area contributed by atoms with Crippen molar-refractivity contribution < 1.29 is 28.2 Å². The van der Waals surface area contributed by atoms with E-state index in [4.69, 9.17) is 4.74 Å². The molecule has 0 aliphatic heterocycles. The maximum absolute atomic E-state index is 13.8. The molecule has 0 aromatic heterocycles. The Balaban J connectivity index is 1.76. The summed E-state index contributed by atoms with van der Waals surface area (Å²) in [5.74, 6) is -2.33. The number of hydrogen-bond donors (Lipinski definition) is 2. The zero-order valence-corrected chi connectivity index (χ0v) is 18.8. The number of benzene rings is 2. The molecule has 0 fully saturated rings. The number of anilines is 1. The van der Waals surface area contributed by atoms with Gasteiger partial charge in [0, 0.05) is 22.4 Å². The highest BCUT2D eigenvalue weighted by atomic mass is 79.9. The molecule has 158 valence electrons. The number of carbonyl (C=O) groups is 2. The van der Waals surface area contributed by atoms with Gasteiger partial charge in [0.25, 0.3) is 5.91 Å². The largest absolute Gasteiger partial charge is 0.486 e. The average Bonchev–Trinajstić information content (AvgIpc) is 2.69. The van der Waals surface area contributed by atoms with Crippen LogP contribution in [-0.4, -0.2) is 17.0 Å². The fourth-order valence-electron chi connectivity index (χ4n) is 3.17. The molecule has 2 aromatic rings. The lowest BCUT2D eigenvalue weighted by atomic mass is 9.91. The fraction of sp³-hybridized carbons (Fsp3) is 0.238. The Bertz CT molecular complexity index is 1020. The van der Waals surface area contributed by atoms with Crippen molar-refractivity contribution in [2.75, 3.05) is 5.32 Å². The van der Waals surface area contributed by atoms with Gasteiger partial charge in [-0.1, -0.05) is 0 Å². The number of carbonyl (C=O) groups excluding carboxylic acids is 1. The summed E-state index contributed by atoms with van der Waals surface area (Å²) in [6.07, 6.45) is 2.29. The molecule has 30 heavy (non-hydrogen) atoms. The number of aliphatic carboxylic acids is 1. The average molecular weight is 545 g/mol. The zero-order valence-electron chi connectivity index (χ0n) is 15.6. The van der Waals surface area contributed by atoms with Crippen molar-refractivity contribution in [1.82, 2.24) is 0 Å². The minimum absolute atomic E-state index is 0.0663. The van der Waals surface area contributed by atoms with Crippen LogP contribution in [0.5, 0.6) is 5.75 Å². The molecule has 0 bridgehead atoms. The number of hydrogen-bond acceptors (Lipinski definition) is 3. The fourth-order valence-corrected chi connectivity index (χ4v) is 4.59. The summed E-state index contributed by atoms with van der Waals surface area (Å²) in [6, 6.07) is 6.29. The standard InChI is InChI=1S/C21H17Br2F2NO4/c22-16-8-13(26-20(27)14-3-1-2-4-15(14)21(28)29)9-17(23)19(16)30-10-11-7-12(24)5-6-18(11)25/h5-9H,1-4,10H2,(H,26,27)(H,28,29). The maximum Gasteiger partial charge on any atom is 0.332 e. The second-order valence-corrected chi connectivity index (χ2v) is 8.43. The molecule has 0 saturated heterocycles. The summed E-state index contributed by atoms with van der Waals surface area (Å²) in [6.45, 7) is -0.193. The molecule has 5 nitrogen and oxygen atoms in total. The lowest BCUT2D eigenvalue weighted by Gasteiger charge is -2.18. The SMILES string of the molecule is O=C(O)C1=C(C(=O)Nc2cc(Br)c(OCc3cc(F)ccc3F)c(Br)c2)CCCC1. The van der Waals surface area contributed by atoms with Gasteiger partial charge in [0.05, 0.1) is 8.95 Å². The van der Waals surface area contributed by atoms with E-state index in [2.05, 4.69) is 37.2 Å². The van der Waals surface area contributed by atoms with Gasteiger partial charge >= 0.3 is 5.97 Å². The smallest absolute Gasteiger partial charge is 0.332 e. The molecule has 3 rings (SSSR count). The van der Waals surface area contributed by atoms with E-state index in [1.54, 1.807) is 12.1 Å². The topological polar surface area (TPSA) is 75.6 Å². The molecular weight excluding hydrogens is 528 g/mol. The van der Waals surface area contributed by atoms with Gasteiger partial charge in [0.2, 0.25) is 0 Å². The quantitative estimate of drug-likeness (QED) is 0.470. The number of carboxylic acid groups (broad SMARTS) is 1. The summed E-state index contributed by atoms with van der Waals surface area (Å²) in [7, 11) is 0. The summed E-state index contributed by atoms with van der Waals surface area (Å²) < 4.78 is 33.7. The predicted molar refractivity (Wildman–Crippen MR) is 114 cm³/mol. The van der Waals surface area contributed by atoms with Crippen LogP contribution in [0.15, 0.2) is 50.4 Å². The van der Waals surface area contributed by atoms with Crippen LogP contribution in [0.1, 0.15) is 31.2 Å². The van der Waals surface area contributed by atoms with Crippen molar-refractivity contribution in [1.29, 1.82) is 0 Å². The Morgan fingerprint density at radius 3 is 2.30 bits per heavy atom. The van der Waals surface area contributed by atoms with Crippen LogP contribution in [0.4, 0.5) is 14.5 Å². The Labute approximate surface area is 188 Å². The Hall–Kier alpha value is -2.26. The molecule has 0 radical (unpaired) electrons. The molecule has 1 aliphatic rings. The Morgan fingerprint density at radius 1 is 1.03 bits per heavy atom. The third-order valence-electron chi connectivity index (χ3n) is 4.64. The van der Waals surface area contributed by atoms with E-state index in [1.807, 2.05) is 0 Å². The first-order chi connectivity index (χ1) is 14.3. The highest BCUT2D eigenvalue weighted by molar-refractivity contribution is 9.11. The van der Waals surface area contributed by atoms with Crippen LogP contribution in [0.3, 0.4) is 0 Å². The molecule has 0 unspecified atom stereocenters. The van der Waals surface area contributed by atoms with E-state index in [-0.39, 0.29) is 23.3 Å². The highest BCUT2D eigenvalue weighted by Gasteiger charge is 2.24. The van der Waals surface area contributed by atoms with Crippen LogP contribution < -0.4 is 10.1 Å². The second-order valence-electron chi connectivity index (χ2n) is 6.72. The summed E-state index contributed by atoms with van der Waals surface area (Å²) in [5.41, 5.74) is 0.916. The van der Waals surface area contributed by atoms with E-state index >= 15 is 0 Å². The third-order valence-corrected chi connectivity index (χ3v) is 5.81. The molecule has 9 heteroatoms. The van der Waals surface area contributed by atoms with E-state index in [0.29, 0.717) is 33.2 Å². The number of ether oxygens (including phenoxy) is 1. The summed E-state index contributed by atoms with van der Waals surface area (Å²) in [5, 5.41) is 12.0. The van der Waals surface area contributed by atoms with Gasteiger partial charge in [-0.25, -0.2) is 13.6 Å². The van der Waals surface area contributed by atoms with Gasteiger partial charge < -0.3 is 15.2 Å². The molecule has 2 aromatic carbocycles. The molecule has 2 N–H and O–H groups in total. The van der Waals surface area contributed by atoms with Gasteiger partial charge in [0.1, 0.15) is 24.0 Å². The molecule has 0 heterocycles. The molecule has 1 amide bonds. The van der Waals surface area contributed by atoms with E-state index in [9.17, 15) is 23.5 Å². The van der Waals surface area contributed by atoms with Crippen molar-refractivity contribution in [2.45, 2.75) is 32.3 Å².